The van der Waals surface area contributed by atoms with E-state index in [1.807, 2.05) is 24.0 Å². The maximum absolute atomic E-state index is 4.31. The van der Waals surface area contributed by atoms with Crippen molar-refractivity contribution in [3.8, 4) is 0 Å². The van der Waals surface area contributed by atoms with Crippen LogP contribution in [0.3, 0.4) is 0 Å². The highest BCUT2D eigenvalue weighted by Gasteiger charge is 2.10. The van der Waals surface area contributed by atoms with Gasteiger partial charge in [0.15, 0.2) is 0 Å². The van der Waals surface area contributed by atoms with Crippen LogP contribution in [0.15, 0.2) is 18.3 Å². The first-order valence-electron chi connectivity index (χ1n) is 4.55. The lowest BCUT2D eigenvalue weighted by Crippen LogP contribution is -2.32. The number of pyridine rings is 1. The summed E-state index contributed by atoms with van der Waals surface area (Å²) in [6.07, 6.45) is 1.94. The average Bonchev–Trinajstić information content (AvgIpc) is 2.30. The van der Waals surface area contributed by atoms with Gasteiger partial charge in [0.05, 0.1) is 34.7 Å². The monoisotopic (exact) mass is 321 g/mol. The molecule has 1 aliphatic rings. The van der Waals surface area contributed by atoms with E-state index < -0.39 is 0 Å². The molecular formula is C9H12IN3S. The van der Waals surface area contributed by atoms with E-state index in [1.54, 1.807) is 0 Å². The first kappa shape index (κ1) is 10.4. The maximum Gasteiger partial charge on any atom is 0.134 e. The molecule has 76 valence electrons. The van der Waals surface area contributed by atoms with E-state index in [4.69, 9.17) is 0 Å². The lowest BCUT2D eigenvalue weighted by Gasteiger charge is -2.28. The van der Waals surface area contributed by atoms with Crippen LogP contribution in [0.4, 0.5) is 11.5 Å². The second-order valence-corrected chi connectivity index (χ2v) is 4.86. The Kier molecular flexibility index (Phi) is 3.74. The van der Waals surface area contributed by atoms with Crippen LogP contribution in [0.25, 0.3) is 0 Å². The Hall–Kier alpha value is -0.170. The smallest absolute Gasteiger partial charge is 0.134 e. The minimum Gasteiger partial charge on any atom is -0.369 e. The normalized spacial score (nSPS) is 16.8. The molecule has 0 amide bonds. The Labute approximate surface area is 102 Å². The fourth-order valence-corrected chi connectivity index (χ4v) is 2.67. The highest BCUT2D eigenvalue weighted by atomic mass is 127. The van der Waals surface area contributed by atoms with Crippen LogP contribution in [0.1, 0.15) is 0 Å². The molecule has 5 heteroatoms. The Morgan fingerprint density at radius 1 is 1.36 bits per heavy atom. The third kappa shape index (κ3) is 2.44. The number of anilines is 2. The standard InChI is InChI=1S/C9H12IN3S/c10-12-9-2-1-8(7-11-9)13-3-5-14-6-4-13/h1-2,7H,3-6H2,(H,11,12). The van der Waals surface area contributed by atoms with E-state index in [1.165, 1.54) is 17.2 Å². The van der Waals surface area contributed by atoms with Gasteiger partial charge in [-0.15, -0.1) is 0 Å². The molecular weight excluding hydrogens is 309 g/mol. The number of halogens is 1. The number of nitrogens with one attached hydrogen (secondary N) is 1. The molecule has 0 spiro atoms. The Bertz CT molecular complexity index is 285. The molecule has 1 aromatic rings. The SMILES string of the molecule is INc1ccc(N2CCSCC2)cn1. The number of aromatic nitrogens is 1. The minimum absolute atomic E-state index is 0.917. The Balaban J connectivity index is 2.07. The largest absolute Gasteiger partial charge is 0.369 e. The fourth-order valence-electron chi connectivity index (χ4n) is 1.45. The van der Waals surface area contributed by atoms with Crippen molar-refractivity contribution in [1.29, 1.82) is 0 Å². The van der Waals surface area contributed by atoms with Gasteiger partial charge in [0.25, 0.3) is 0 Å². The zero-order valence-corrected chi connectivity index (χ0v) is 10.7. The van der Waals surface area contributed by atoms with Crippen LogP contribution in [-0.4, -0.2) is 29.6 Å². The molecule has 1 N–H and O–H groups in total. The molecule has 1 aliphatic heterocycles. The summed E-state index contributed by atoms with van der Waals surface area (Å²) < 4.78 is 2.99. The molecule has 0 aromatic carbocycles. The van der Waals surface area contributed by atoms with E-state index in [-0.39, 0.29) is 0 Å². The van der Waals surface area contributed by atoms with Crippen molar-refractivity contribution in [2.75, 3.05) is 33.0 Å². The summed E-state index contributed by atoms with van der Waals surface area (Å²) in [5.74, 6) is 3.37. The van der Waals surface area contributed by atoms with Crippen LogP contribution in [0.5, 0.6) is 0 Å². The van der Waals surface area contributed by atoms with Gasteiger partial charge in [0.1, 0.15) is 5.82 Å². The van der Waals surface area contributed by atoms with Crippen molar-refractivity contribution in [1.82, 2.24) is 4.98 Å². The lowest BCUT2D eigenvalue weighted by molar-refractivity contribution is 0.855. The second-order valence-electron chi connectivity index (χ2n) is 3.10. The Morgan fingerprint density at radius 3 is 2.71 bits per heavy atom. The molecule has 0 bridgehead atoms. The summed E-state index contributed by atoms with van der Waals surface area (Å²) in [6, 6.07) is 4.15. The number of nitrogens with zero attached hydrogens (tertiary/aromatic N) is 2. The van der Waals surface area contributed by atoms with Crippen molar-refractivity contribution in [3.63, 3.8) is 0 Å². The third-order valence-electron chi connectivity index (χ3n) is 2.22. The van der Waals surface area contributed by atoms with E-state index in [2.05, 4.69) is 42.3 Å². The Morgan fingerprint density at radius 2 is 2.14 bits per heavy atom. The first-order chi connectivity index (χ1) is 6.90. The number of thioether (sulfide) groups is 1. The predicted octanol–water partition coefficient (Wildman–Crippen LogP) is 2.40. The molecule has 3 nitrogen and oxygen atoms in total. The van der Waals surface area contributed by atoms with Gasteiger partial charge in [-0.1, -0.05) is 0 Å². The van der Waals surface area contributed by atoms with Crippen molar-refractivity contribution in [2.45, 2.75) is 0 Å². The number of hydrogen-bond donors (Lipinski definition) is 1. The van der Waals surface area contributed by atoms with Gasteiger partial charge in [-0.25, -0.2) is 4.98 Å². The number of hydrogen-bond acceptors (Lipinski definition) is 4. The van der Waals surface area contributed by atoms with Crippen LogP contribution in [0.2, 0.25) is 0 Å². The van der Waals surface area contributed by atoms with Crippen LogP contribution in [-0.2, 0) is 0 Å². The van der Waals surface area contributed by atoms with Crippen LogP contribution < -0.4 is 8.43 Å². The molecule has 1 fully saturated rings. The van der Waals surface area contributed by atoms with E-state index in [0.29, 0.717) is 0 Å². The van der Waals surface area contributed by atoms with Gasteiger partial charge in [0.2, 0.25) is 0 Å². The topological polar surface area (TPSA) is 28.2 Å². The highest BCUT2D eigenvalue weighted by Crippen LogP contribution is 2.19. The molecule has 2 rings (SSSR count). The summed E-state index contributed by atoms with van der Waals surface area (Å²) >= 11 is 4.12. The van der Waals surface area contributed by atoms with Crippen molar-refractivity contribution in [3.05, 3.63) is 18.3 Å². The maximum atomic E-state index is 4.31. The van der Waals surface area contributed by atoms with Crippen molar-refractivity contribution >= 4 is 46.1 Å². The molecule has 2 heterocycles. The van der Waals surface area contributed by atoms with Gasteiger partial charge in [-0.05, 0) is 12.1 Å². The summed E-state index contributed by atoms with van der Waals surface area (Å²) in [6.45, 7) is 2.28. The third-order valence-corrected chi connectivity index (χ3v) is 3.72. The van der Waals surface area contributed by atoms with Crippen molar-refractivity contribution < 1.29 is 0 Å². The predicted molar refractivity (Wildman–Crippen MR) is 71.4 cm³/mol. The van der Waals surface area contributed by atoms with Crippen LogP contribution >= 0.6 is 34.6 Å². The van der Waals surface area contributed by atoms with Gasteiger partial charge in [-0.2, -0.15) is 11.8 Å². The summed E-state index contributed by atoms with van der Waals surface area (Å²) in [5.41, 5.74) is 1.24. The first-order valence-corrected chi connectivity index (χ1v) is 6.79. The van der Waals surface area contributed by atoms with E-state index in [9.17, 15) is 0 Å². The highest BCUT2D eigenvalue weighted by molar-refractivity contribution is 14.1. The zero-order valence-electron chi connectivity index (χ0n) is 7.74. The average molecular weight is 321 g/mol. The second kappa shape index (κ2) is 5.06. The molecule has 0 aliphatic carbocycles. The fraction of sp³-hybridized carbons (Fsp3) is 0.444. The number of rotatable bonds is 2. The van der Waals surface area contributed by atoms with Crippen molar-refractivity contribution in [2.24, 2.45) is 0 Å². The van der Waals surface area contributed by atoms with Gasteiger partial charge < -0.3 is 8.43 Å². The van der Waals surface area contributed by atoms with E-state index >= 15 is 0 Å². The minimum atomic E-state index is 0.917. The van der Waals surface area contributed by atoms with Gasteiger partial charge in [0, 0.05) is 24.6 Å². The lowest BCUT2D eigenvalue weighted by atomic mass is 10.3. The summed E-state index contributed by atoms with van der Waals surface area (Å²) in [5, 5.41) is 0. The molecule has 0 saturated carbocycles. The van der Waals surface area contributed by atoms with Crippen LogP contribution in [0, 0.1) is 0 Å². The molecule has 14 heavy (non-hydrogen) atoms. The van der Waals surface area contributed by atoms with E-state index in [0.717, 1.165) is 18.9 Å². The molecule has 0 unspecified atom stereocenters. The summed E-state index contributed by atoms with van der Waals surface area (Å²) in [7, 11) is 0. The molecule has 1 aromatic heterocycles. The molecule has 0 radical (unpaired) electrons. The molecule has 1 saturated heterocycles. The summed E-state index contributed by atoms with van der Waals surface area (Å²) in [4.78, 5) is 6.69. The molecule has 0 atom stereocenters. The zero-order chi connectivity index (χ0) is 9.80. The quantitative estimate of drug-likeness (QED) is 0.669. The van der Waals surface area contributed by atoms with Gasteiger partial charge >= 0.3 is 0 Å². The van der Waals surface area contributed by atoms with Gasteiger partial charge in [-0.3, -0.25) is 0 Å².